The van der Waals surface area contributed by atoms with Gasteiger partial charge in [0.1, 0.15) is 6.61 Å². The van der Waals surface area contributed by atoms with E-state index in [1.807, 2.05) is 12.2 Å². The molecule has 0 spiro atoms. The molecule has 0 aromatic carbocycles. The zero-order chi connectivity index (χ0) is 40.7. The van der Waals surface area contributed by atoms with Crippen LogP contribution in [0.15, 0.2) is 122 Å². The van der Waals surface area contributed by atoms with E-state index in [2.05, 4.69) is 130 Å². The maximum Gasteiger partial charge on any atom is 0.306 e. The van der Waals surface area contributed by atoms with E-state index in [0.717, 1.165) is 77.0 Å². The summed E-state index contributed by atoms with van der Waals surface area (Å²) in [6, 6.07) is 0. The number of unbranched alkanes of at least 4 members (excludes halogenated alkanes) is 7. The first-order valence-corrected chi connectivity index (χ1v) is 22.1. The average Bonchev–Trinajstić information content (AvgIpc) is 3.20. The first kappa shape index (κ1) is 52.3. The minimum Gasteiger partial charge on any atom is -0.462 e. The molecule has 0 saturated heterocycles. The summed E-state index contributed by atoms with van der Waals surface area (Å²) >= 11 is 0. The standard InChI is InChI=1S/C51H80O5/c1-4-7-10-13-16-19-21-23-24-25-26-27-28-30-31-33-35-38-41-44-50(52)55-48-49(47-54-46-43-40-37-18-15-12-9-6-3)56-51(53)45-42-39-36-34-32-29-22-20-17-14-11-8-5-2/h7-8,10-11,16-17,19-20,23-24,26-27,29-32,35-36,38-39,49H,4-6,9,12-15,18,21-22,25,28,33-34,37,40-48H2,1-3H3/b10-7-,11-8-,19-16-,20-17-,24-23-,27-26-,31-30-,32-29-,38-35-,39-36-. The topological polar surface area (TPSA) is 61.8 Å². The molecule has 0 heterocycles. The number of rotatable bonds is 38. The highest BCUT2D eigenvalue weighted by atomic mass is 16.6. The number of carbonyl (C=O) groups is 2. The summed E-state index contributed by atoms with van der Waals surface area (Å²) in [6.07, 6.45) is 63.7. The molecule has 0 radical (unpaired) electrons. The lowest BCUT2D eigenvalue weighted by Gasteiger charge is -2.18. The third-order valence-corrected chi connectivity index (χ3v) is 8.52. The molecule has 0 N–H and O–H groups in total. The van der Waals surface area contributed by atoms with Gasteiger partial charge in [0.2, 0.25) is 0 Å². The zero-order valence-electron chi connectivity index (χ0n) is 35.8. The lowest BCUT2D eigenvalue weighted by atomic mass is 10.1. The van der Waals surface area contributed by atoms with Crippen LogP contribution in [0.2, 0.25) is 0 Å². The van der Waals surface area contributed by atoms with Gasteiger partial charge in [0.15, 0.2) is 6.10 Å². The van der Waals surface area contributed by atoms with Crippen LogP contribution in [0.25, 0.3) is 0 Å². The predicted molar refractivity (Wildman–Crippen MR) is 242 cm³/mol. The Morgan fingerprint density at radius 3 is 1.18 bits per heavy atom. The second kappa shape index (κ2) is 45.7. The summed E-state index contributed by atoms with van der Waals surface area (Å²) in [5.74, 6) is -0.601. The summed E-state index contributed by atoms with van der Waals surface area (Å²) in [6.45, 7) is 7.38. The molecule has 1 unspecified atom stereocenters. The lowest BCUT2D eigenvalue weighted by molar-refractivity contribution is -0.162. The van der Waals surface area contributed by atoms with Gasteiger partial charge >= 0.3 is 11.9 Å². The van der Waals surface area contributed by atoms with Gasteiger partial charge in [0.25, 0.3) is 0 Å². The molecular weight excluding hydrogens is 693 g/mol. The van der Waals surface area contributed by atoms with Crippen molar-refractivity contribution in [2.45, 2.75) is 168 Å². The summed E-state index contributed by atoms with van der Waals surface area (Å²) in [5.41, 5.74) is 0. The van der Waals surface area contributed by atoms with Crippen molar-refractivity contribution in [3.8, 4) is 0 Å². The van der Waals surface area contributed by atoms with Gasteiger partial charge in [-0.05, 0) is 83.5 Å². The number of hydrogen-bond acceptors (Lipinski definition) is 5. The Morgan fingerprint density at radius 1 is 0.411 bits per heavy atom. The number of allylic oxidation sites excluding steroid dienone is 20. The van der Waals surface area contributed by atoms with Crippen molar-refractivity contribution in [1.29, 1.82) is 0 Å². The van der Waals surface area contributed by atoms with Gasteiger partial charge in [-0.25, -0.2) is 0 Å². The normalized spacial score (nSPS) is 13.4. The highest BCUT2D eigenvalue weighted by molar-refractivity contribution is 5.70. The van der Waals surface area contributed by atoms with Crippen LogP contribution in [0.5, 0.6) is 0 Å². The van der Waals surface area contributed by atoms with E-state index in [-0.39, 0.29) is 38.0 Å². The minimum absolute atomic E-state index is 0.00965. The SMILES string of the molecule is CC/C=C\C/C=C\C/C=C\C/C=C\C/C=C\C/C=C\CCC(=O)OCC(COCCCCCCCCCC)OC(=O)CC/C=C\C/C=C\C/C=C\C/C=C\CC. The highest BCUT2D eigenvalue weighted by Crippen LogP contribution is 2.09. The molecule has 0 bridgehead atoms. The Morgan fingerprint density at radius 2 is 0.768 bits per heavy atom. The molecular formula is C51H80O5. The number of hydrogen-bond donors (Lipinski definition) is 0. The largest absolute Gasteiger partial charge is 0.462 e. The van der Waals surface area contributed by atoms with E-state index in [0.29, 0.717) is 19.4 Å². The minimum atomic E-state index is -0.608. The summed E-state index contributed by atoms with van der Waals surface area (Å²) < 4.78 is 17.1. The van der Waals surface area contributed by atoms with Crippen LogP contribution in [0, 0.1) is 0 Å². The fourth-order valence-corrected chi connectivity index (χ4v) is 5.31. The molecule has 0 amide bonds. The van der Waals surface area contributed by atoms with Gasteiger partial charge in [-0.15, -0.1) is 0 Å². The lowest BCUT2D eigenvalue weighted by Crippen LogP contribution is -2.30. The van der Waals surface area contributed by atoms with Gasteiger partial charge in [-0.3, -0.25) is 9.59 Å². The van der Waals surface area contributed by atoms with Crippen LogP contribution in [-0.2, 0) is 23.8 Å². The van der Waals surface area contributed by atoms with E-state index in [9.17, 15) is 9.59 Å². The van der Waals surface area contributed by atoms with Crippen molar-refractivity contribution in [3.63, 3.8) is 0 Å². The van der Waals surface area contributed by atoms with E-state index in [4.69, 9.17) is 14.2 Å². The van der Waals surface area contributed by atoms with E-state index in [1.54, 1.807) is 0 Å². The molecule has 56 heavy (non-hydrogen) atoms. The van der Waals surface area contributed by atoms with Crippen LogP contribution in [0.3, 0.4) is 0 Å². The van der Waals surface area contributed by atoms with Gasteiger partial charge in [0.05, 0.1) is 6.61 Å². The quantitative estimate of drug-likeness (QED) is 0.0355. The first-order chi connectivity index (χ1) is 27.6. The van der Waals surface area contributed by atoms with Gasteiger partial charge < -0.3 is 14.2 Å². The van der Waals surface area contributed by atoms with Crippen molar-refractivity contribution in [2.75, 3.05) is 19.8 Å². The molecule has 5 nitrogen and oxygen atoms in total. The second-order valence-corrected chi connectivity index (χ2v) is 13.8. The van der Waals surface area contributed by atoms with Crippen molar-refractivity contribution in [2.24, 2.45) is 0 Å². The molecule has 0 aliphatic rings. The van der Waals surface area contributed by atoms with Gasteiger partial charge in [0, 0.05) is 19.4 Å². The van der Waals surface area contributed by atoms with Crippen molar-refractivity contribution in [1.82, 2.24) is 0 Å². The molecule has 0 aliphatic heterocycles. The van der Waals surface area contributed by atoms with Crippen molar-refractivity contribution >= 4 is 11.9 Å². The second-order valence-electron chi connectivity index (χ2n) is 13.8. The molecule has 0 aromatic heterocycles. The highest BCUT2D eigenvalue weighted by Gasteiger charge is 2.17. The monoisotopic (exact) mass is 773 g/mol. The van der Waals surface area contributed by atoms with Crippen molar-refractivity contribution in [3.05, 3.63) is 122 Å². The zero-order valence-corrected chi connectivity index (χ0v) is 35.8. The summed E-state index contributed by atoms with van der Waals surface area (Å²) in [7, 11) is 0. The van der Waals surface area contributed by atoms with E-state index >= 15 is 0 Å². The third-order valence-electron chi connectivity index (χ3n) is 8.52. The molecule has 0 aliphatic carbocycles. The van der Waals surface area contributed by atoms with Crippen LogP contribution >= 0.6 is 0 Å². The van der Waals surface area contributed by atoms with Gasteiger partial charge in [-0.1, -0.05) is 187 Å². The maximum absolute atomic E-state index is 12.6. The molecule has 314 valence electrons. The number of carbonyl (C=O) groups excluding carboxylic acids is 2. The molecule has 0 saturated carbocycles. The van der Waals surface area contributed by atoms with Crippen molar-refractivity contribution < 1.29 is 23.8 Å². The fourth-order valence-electron chi connectivity index (χ4n) is 5.31. The van der Waals surface area contributed by atoms with E-state index < -0.39 is 6.10 Å². The van der Waals surface area contributed by atoms with Crippen LogP contribution in [0.1, 0.15) is 162 Å². The third kappa shape index (κ3) is 43.0. The van der Waals surface area contributed by atoms with Crippen LogP contribution in [-0.4, -0.2) is 37.9 Å². The number of esters is 2. The Balaban J connectivity index is 4.44. The molecule has 0 aromatic rings. The summed E-state index contributed by atoms with van der Waals surface area (Å²) in [5, 5.41) is 0. The molecule has 5 heteroatoms. The molecule has 0 fully saturated rings. The maximum atomic E-state index is 12.6. The first-order valence-electron chi connectivity index (χ1n) is 22.1. The smallest absolute Gasteiger partial charge is 0.306 e. The average molecular weight is 773 g/mol. The van der Waals surface area contributed by atoms with E-state index in [1.165, 1.54) is 38.5 Å². The van der Waals surface area contributed by atoms with Crippen LogP contribution < -0.4 is 0 Å². The predicted octanol–water partition coefficient (Wildman–Crippen LogP) is 14.7. The fraction of sp³-hybridized carbons (Fsp3) is 0.569. The van der Waals surface area contributed by atoms with Crippen LogP contribution in [0.4, 0.5) is 0 Å². The Labute approximate surface area is 344 Å². The van der Waals surface area contributed by atoms with Gasteiger partial charge in [-0.2, -0.15) is 0 Å². The summed E-state index contributed by atoms with van der Waals surface area (Å²) in [4.78, 5) is 25.1. The Bertz CT molecular complexity index is 1190. The Hall–Kier alpha value is -3.70. The molecule has 0 rings (SSSR count). The Kier molecular flexibility index (Phi) is 42.7. The number of ether oxygens (including phenoxy) is 3. The molecule has 1 atom stereocenters.